The summed E-state index contributed by atoms with van der Waals surface area (Å²) in [5, 5.41) is 55.4. The van der Waals surface area contributed by atoms with Gasteiger partial charge in [-0.3, -0.25) is 76.7 Å². The fraction of sp³-hybridized carbons (Fsp3) is 0.413. The molecule has 15 amide bonds. The van der Waals surface area contributed by atoms with Gasteiger partial charge in [0.15, 0.2) is 0 Å². The molecule has 2 heterocycles. The van der Waals surface area contributed by atoms with E-state index in [-0.39, 0.29) is 75.8 Å². The van der Waals surface area contributed by atoms with E-state index in [2.05, 4.69) is 52.8 Å². The first-order valence-electron chi connectivity index (χ1n) is 42.5. The Bertz CT molecular complexity index is 5050. The molecule has 7 aromatic rings. The van der Waals surface area contributed by atoms with Gasteiger partial charge in [-0.05, 0) is 95.4 Å². The van der Waals surface area contributed by atoms with Crippen LogP contribution in [0.25, 0.3) is 10.9 Å². The highest BCUT2D eigenvalue weighted by molar-refractivity contribution is 8.00. The van der Waals surface area contributed by atoms with Crippen molar-refractivity contribution >= 4 is 117 Å². The fourth-order valence-corrected chi connectivity index (χ4v) is 15.7. The molecule has 0 bridgehead atoms. The SMILES string of the molecule is CCCCC1C(=O)N(C)CC(=O)NC(CC(=O)O)C(=O)NC(C(C)C)C(=O)N(C)C(Cc2ccccc2)C(=O)NC(Cc2ccc(O)cc2)C(=O)N(C)CC(=O)NC(Cc2c[nH]c3ccccc23)C(=O)NC(Cc2ccc(O)cc2)C(=O)NC(CCCN)C(=O)NC(C(=O)NCC(N)=O)CSCC(=O)NC(Cc2ccccc2)C(=O)N(C)C(Cc2ccccc2)C(=O)N1C. The van der Waals surface area contributed by atoms with Crippen LogP contribution in [0.1, 0.15) is 92.7 Å². The molecular weight excluding hydrogens is 1680 g/mol. The number of carbonyl (C=O) groups is 16. The number of carboxylic acid groups (broad SMARTS) is 1. The normalized spacial score (nSPS) is 21.9. The summed E-state index contributed by atoms with van der Waals surface area (Å²) >= 11 is 0.813. The quantitative estimate of drug-likeness (QED) is 0.0401. The third-order valence-electron chi connectivity index (χ3n) is 22.1. The second-order valence-corrected chi connectivity index (χ2v) is 33.4. The van der Waals surface area contributed by atoms with Gasteiger partial charge >= 0.3 is 5.97 Å². The predicted molar refractivity (Wildman–Crippen MR) is 481 cm³/mol. The van der Waals surface area contributed by atoms with Gasteiger partial charge in [-0.15, -0.1) is 11.8 Å². The molecule has 6 aromatic carbocycles. The molecule has 36 nitrogen and oxygen atoms in total. The zero-order valence-electron chi connectivity index (χ0n) is 73.5. The molecule has 11 unspecified atom stereocenters. The van der Waals surface area contributed by atoms with Gasteiger partial charge in [-0.2, -0.15) is 0 Å². The van der Waals surface area contributed by atoms with Crippen LogP contribution in [-0.4, -0.2) is 279 Å². The Morgan fingerprint density at radius 2 is 0.907 bits per heavy atom. The Kier molecular flexibility index (Phi) is 38.6. The van der Waals surface area contributed by atoms with Gasteiger partial charge in [0.1, 0.15) is 78.0 Å². The first kappa shape index (κ1) is 101. The van der Waals surface area contributed by atoms with Crippen LogP contribution in [0.3, 0.4) is 0 Å². The lowest BCUT2D eigenvalue weighted by atomic mass is 9.98. The lowest BCUT2D eigenvalue weighted by Crippen LogP contribution is -2.61. The van der Waals surface area contributed by atoms with Crippen molar-refractivity contribution in [3.05, 3.63) is 203 Å². The van der Waals surface area contributed by atoms with E-state index in [1.807, 2.05) is 6.92 Å². The van der Waals surface area contributed by atoms with E-state index in [4.69, 9.17) is 11.5 Å². The van der Waals surface area contributed by atoms with E-state index < -0.39 is 205 Å². The number of phenols is 2. The maximum atomic E-state index is 15.5. The number of rotatable bonds is 24. The number of amides is 15. The van der Waals surface area contributed by atoms with Crippen molar-refractivity contribution < 1.29 is 92.0 Å². The Balaban J connectivity index is 1.21. The van der Waals surface area contributed by atoms with Crippen LogP contribution >= 0.6 is 11.8 Å². The van der Waals surface area contributed by atoms with E-state index in [0.717, 1.165) is 31.4 Å². The van der Waals surface area contributed by atoms with E-state index in [1.165, 1.54) is 88.7 Å². The number of H-pyrrole nitrogens is 1. The number of phenolic OH excluding ortho intramolecular Hbond substituents is 2. The van der Waals surface area contributed by atoms with Gasteiger partial charge in [0.25, 0.3) is 0 Å². The molecule has 1 aliphatic heterocycles. The minimum atomic E-state index is -1.91. The number of aliphatic carboxylic acids is 1. The smallest absolute Gasteiger partial charge is 0.305 e. The van der Waals surface area contributed by atoms with Gasteiger partial charge < -0.3 is 104 Å². The maximum absolute atomic E-state index is 15.5. The number of aromatic hydroxyl groups is 2. The van der Waals surface area contributed by atoms with Gasteiger partial charge in [-0.1, -0.05) is 167 Å². The summed E-state index contributed by atoms with van der Waals surface area (Å²) in [6, 6.07) is 27.0. The van der Waals surface area contributed by atoms with Gasteiger partial charge in [0.05, 0.1) is 31.8 Å². The van der Waals surface area contributed by atoms with Gasteiger partial charge in [0, 0.05) is 96.6 Å². The molecule has 0 radical (unpaired) electrons. The van der Waals surface area contributed by atoms with E-state index in [1.54, 1.807) is 135 Å². The van der Waals surface area contributed by atoms with Crippen LogP contribution in [0, 0.1) is 5.92 Å². The summed E-state index contributed by atoms with van der Waals surface area (Å²) in [6.45, 7) is 2.63. The molecule has 11 atom stereocenters. The second kappa shape index (κ2) is 49.4. The molecule has 0 spiro atoms. The molecule has 1 fully saturated rings. The molecule has 129 heavy (non-hydrogen) atoms. The topological polar surface area (TPSA) is 526 Å². The maximum Gasteiger partial charge on any atom is 0.305 e. The molecule has 8 rings (SSSR count). The number of carbonyl (C=O) groups excluding carboxylic acids is 15. The zero-order chi connectivity index (χ0) is 94.1. The summed E-state index contributed by atoms with van der Waals surface area (Å²) in [5.74, 6) is -17.3. The van der Waals surface area contributed by atoms with E-state index in [9.17, 15) is 58.5 Å². The fourth-order valence-electron chi connectivity index (χ4n) is 14.8. The van der Waals surface area contributed by atoms with E-state index in [0.29, 0.717) is 57.1 Å². The molecule has 690 valence electrons. The highest BCUT2D eigenvalue weighted by Crippen LogP contribution is 2.24. The number of aromatic nitrogens is 1. The molecule has 1 aromatic heterocycles. The van der Waals surface area contributed by atoms with Crippen molar-refractivity contribution in [2.45, 2.75) is 164 Å². The highest BCUT2D eigenvalue weighted by Gasteiger charge is 2.42. The van der Waals surface area contributed by atoms with Crippen molar-refractivity contribution in [2.75, 3.05) is 72.9 Å². The first-order chi connectivity index (χ1) is 61.5. The number of unbranched alkanes of at least 4 members (excludes halogenated alkanes) is 1. The Hall–Kier alpha value is -13.7. The average Bonchev–Trinajstić information content (AvgIpc) is 1.72. The first-order valence-corrected chi connectivity index (χ1v) is 43.7. The van der Waals surface area contributed by atoms with Crippen LogP contribution in [0.15, 0.2) is 170 Å². The molecule has 1 aliphatic rings. The molecule has 1 saturated heterocycles. The second-order valence-electron chi connectivity index (χ2n) is 32.4. The minimum absolute atomic E-state index is 0.0201. The number of carboxylic acids is 1. The lowest BCUT2D eigenvalue weighted by molar-refractivity contribution is -0.151. The van der Waals surface area contributed by atoms with Crippen molar-refractivity contribution in [3.8, 4) is 11.5 Å². The number of nitrogens with zero attached hydrogens (tertiary/aromatic N) is 5. The molecule has 37 heteroatoms. The Morgan fingerprint density at radius 1 is 0.457 bits per heavy atom. The number of benzene rings is 6. The van der Waals surface area contributed by atoms with Crippen LogP contribution in [0.2, 0.25) is 0 Å². The number of primary amides is 1. The summed E-state index contributed by atoms with van der Waals surface area (Å²) in [7, 11) is 6.51. The van der Waals surface area contributed by atoms with E-state index >= 15 is 33.6 Å². The summed E-state index contributed by atoms with van der Waals surface area (Å²) < 4.78 is 0. The van der Waals surface area contributed by atoms with Crippen LogP contribution in [-0.2, 0) is 115 Å². The largest absolute Gasteiger partial charge is 0.508 e. The number of para-hydroxylation sites is 1. The third kappa shape index (κ3) is 30.5. The van der Waals surface area contributed by atoms with Crippen molar-refractivity contribution in [1.29, 1.82) is 0 Å². The van der Waals surface area contributed by atoms with Crippen molar-refractivity contribution in [3.63, 3.8) is 0 Å². The molecular formula is C92H117N17O19S. The lowest BCUT2D eigenvalue weighted by Gasteiger charge is -2.37. The Morgan fingerprint density at radius 3 is 1.45 bits per heavy atom. The summed E-state index contributed by atoms with van der Waals surface area (Å²) in [5.41, 5.74) is 15.1. The Labute approximate surface area is 752 Å². The van der Waals surface area contributed by atoms with Crippen LogP contribution < -0.4 is 59.3 Å². The standard InChI is InChI=1S/C92H117N17O19S/c1-9-10-32-73-90(126)106(5)52-78(114)98-69(48-80(116)117)86(122)104-81(55(2)3)92(128)108(7)74(45-57-25-16-12-17-26-57)87(123)102-70(44-60-35-39-63(111)40-36-60)88(124)105(4)51-77(113)97-68(47-61-49-95-65-30-21-20-29-64(61)65)85(121)101-67(42-59-33-37-62(110)38-34-59)84(120)100-66(31-22-41-93)83(119)103-72(82(118)96-50-76(94)112)53-129-54-79(115)99-71(43-56-23-14-11-15-24-56)89(125)109(8)75(91(127)107(73)6)46-58-27-18-13-19-28-58/h11-21,23-30,33-40,49,55,66-75,81,95,110-111H,9-10,22,31-32,41-48,50-54,93H2,1-8H3,(H2,94,112)(H,96,118)(H,97,113)(H,98,114)(H,99,115)(H,100,120)(H,101,121)(H,102,123)(H,103,119)(H,104,122)(H,116,117). The monoisotopic (exact) mass is 1800 g/mol. The van der Waals surface area contributed by atoms with Gasteiger partial charge in [-0.25, -0.2) is 0 Å². The number of nitrogens with two attached hydrogens (primary N) is 2. The van der Waals surface area contributed by atoms with Crippen molar-refractivity contribution in [2.24, 2.45) is 17.4 Å². The number of aromatic amines is 1. The van der Waals surface area contributed by atoms with Crippen LogP contribution in [0.4, 0.5) is 0 Å². The molecule has 0 saturated carbocycles. The molecule has 0 aliphatic carbocycles. The number of nitrogens with one attached hydrogen (secondary N) is 10. The number of thioether (sulfide) groups is 1. The van der Waals surface area contributed by atoms with Gasteiger partial charge in [0.2, 0.25) is 88.6 Å². The van der Waals surface area contributed by atoms with Crippen LogP contribution in [0.5, 0.6) is 11.5 Å². The zero-order valence-corrected chi connectivity index (χ0v) is 74.3. The highest BCUT2D eigenvalue weighted by atomic mass is 32.2. The summed E-state index contributed by atoms with van der Waals surface area (Å²) in [4.78, 5) is 243. The predicted octanol–water partition coefficient (Wildman–Crippen LogP) is 1.02. The number of fused-ring (bicyclic) bond motifs is 1. The van der Waals surface area contributed by atoms with Crippen molar-refractivity contribution in [1.82, 2.24) is 77.3 Å². The number of hydrogen-bond acceptors (Lipinski definition) is 20. The summed E-state index contributed by atoms with van der Waals surface area (Å²) in [6.07, 6.45) is 0.0210. The average molecular weight is 1800 g/mol. The number of hydrogen-bond donors (Lipinski definition) is 15. The minimum Gasteiger partial charge on any atom is -0.508 e. The third-order valence-corrected chi connectivity index (χ3v) is 23.1. The molecule has 17 N–H and O–H groups in total. The number of likely N-dealkylation sites (N-methyl/N-ethyl adjacent to an activating group) is 5.